The first-order valence-electron chi connectivity index (χ1n) is 4.40. The van der Waals surface area contributed by atoms with Crippen molar-refractivity contribution < 1.29 is 0 Å². The summed E-state index contributed by atoms with van der Waals surface area (Å²) in [6, 6.07) is 6.68. The monoisotopic (exact) mass is 162 g/mol. The van der Waals surface area contributed by atoms with Gasteiger partial charge in [-0.1, -0.05) is 0 Å². The second-order valence-corrected chi connectivity index (χ2v) is 3.50. The molecular formula is C10H14N2. The first-order chi connectivity index (χ1) is 5.75. The number of anilines is 2. The van der Waals surface area contributed by atoms with Crippen molar-refractivity contribution in [3.63, 3.8) is 0 Å². The Morgan fingerprint density at radius 3 is 3.17 bits per heavy atom. The average Bonchev–Trinajstić information content (AvgIpc) is 2.05. The average molecular weight is 162 g/mol. The predicted octanol–water partition coefficient (Wildman–Crippen LogP) is 2.02. The van der Waals surface area contributed by atoms with Crippen LogP contribution in [0.1, 0.15) is 18.9 Å². The van der Waals surface area contributed by atoms with Crippen LogP contribution in [-0.4, -0.2) is 6.04 Å². The van der Waals surface area contributed by atoms with Crippen LogP contribution in [0.25, 0.3) is 0 Å². The Bertz CT molecular complexity index is 294. The fourth-order valence-corrected chi connectivity index (χ4v) is 1.67. The molecule has 0 saturated heterocycles. The van der Waals surface area contributed by atoms with Gasteiger partial charge in [0, 0.05) is 17.4 Å². The van der Waals surface area contributed by atoms with E-state index in [1.54, 1.807) is 0 Å². The second-order valence-electron chi connectivity index (χ2n) is 3.50. The lowest BCUT2D eigenvalue weighted by Crippen LogP contribution is -2.21. The quantitative estimate of drug-likeness (QED) is 0.573. The Hall–Kier alpha value is -1.18. The molecule has 3 N–H and O–H groups in total. The van der Waals surface area contributed by atoms with E-state index in [4.69, 9.17) is 5.73 Å². The minimum Gasteiger partial charge on any atom is -0.399 e. The summed E-state index contributed by atoms with van der Waals surface area (Å²) < 4.78 is 0. The maximum atomic E-state index is 5.69. The van der Waals surface area contributed by atoms with Gasteiger partial charge in [0.1, 0.15) is 0 Å². The van der Waals surface area contributed by atoms with E-state index >= 15 is 0 Å². The maximum absolute atomic E-state index is 5.69. The van der Waals surface area contributed by atoms with Gasteiger partial charge in [-0.25, -0.2) is 0 Å². The standard InChI is InChI=1S/C10H14N2/c1-7-2-3-8-6-9(11)4-5-10(8)12-7/h4-7,12H,2-3,11H2,1H3/t7-/m1/s1. The molecule has 2 rings (SSSR count). The zero-order valence-corrected chi connectivity index (χ0v) is 7.30. The first-order valence-corrected chi connectivity index (χ1v) is 4.40. The van der Waals surface area contributed by atoms with E-state index in [-0.39, 0.29) is 0 Å². The predicted molar refractivity (Wildman–Crippen MR) is 52.3 cm³/mol. The van der Waals surface area contributed by atoms with Crippen molar-refractivity contribution in [2.45, 2.75) is 25.8 Å². The van der Waals surface area contributed by atoms with Gasteiger partial charge < -0.3 is 11.1 Å². The molecule has 0 amide bonds. The van der Waals surface area contributed by atoms with E-state index in [0.29, 0.717) is 6.04 Å². The van der Waals surface area contributed by atoms with E-state index in [0.717, 1.165) is 12.1 Å². The highest BCUT2D eigenvalue weighted by molar-refractivity contribution is 5.59. The topological polar surface area (TPSA) is 38.0 Å². The summed E-state index contributed by atoms with van der Waals surface area (Å²) >= 11 is 0. The van der Waals surface area contributed by atoms with Crippen molar-refractivity contribution in [2.75, 3.05) is 11.1 Å². The smallest absolute Gasteiger partial charge is 0.0376 e. The van der Waals surface area contributed by atoms with Gasteiger partial charge in [-0.3, -0.25) is 0 Å². The van der Waals surface area contributed by atoms with Crippen molar-refractivity contribution in [3.05, 3.63) is 23.8 Å². The summed E-state index contributed by atoms with van der Waals surface area (Å²) in [5, 5.41) is 3.43. The summed E-state index contributed by atoms with van der Waals surface area (Å²) in [5.74, 6) is 0. The van der Waals surface area contributed by atoms with Gasteiger partial charge in [0.15, 0.2) is 0 Å². The van der Waals surface area contributed by atoms with E-state index in [1.807, 2.05) is 6.07 Å². The van der Waals surface area contributed by atoms with Crippen molar-refractivity contribution in [2.24, 2.45) is 0 Å². The maximum Gasteiger partial charge on any atom is 0.0376 e. The van der Waals surface area contributed by atoms with Crippen molar-refractivity contribution >= 4 is 11.4 Å². The minimum atomic E-state index is 0.598. The molecular weight excluding hydrogens is 148 g/mol. The largest absolute Gasteiger partial charge is 0.399 e. The van der Waals surface area contributed by atoms with Gasteiger partial charge in [0.25, 0.3) is 0 Å². The molecule has 0 aromatic heterocycles. The highest BCUT2D eigenvalue weighted by Crippen LogP contribution is 2.26. The molecule has 2 heteroatoms. The number of hydrogen-bond donors (Lipinski definition) is 2. The Labute approximate surface area is 72.8 Å². The zero-order valence-electron chi connectivity index (χ0n) is 7.30. The zero-order chi connectivity index (χ0) is 8.55. The van der Waals surface area contributed by atoms with Gasteiger partial charge >= 0.3 is 0 Å². The fraction of sp³-hybridized carbons (Fsp3) is 0.400. The number of rotatable bonds is 0. The summed E-state index contributed by atoms with van der Waals surface area (Å²) in [6.07, 6.45) is 2.35. The third kappa shape index (κ3) is 1.24. The van der Waals surface area contributed by atoms with E-state index in [9.17, 15) is 0 Å². The van der Waals surface area contributed by atoms with Crippen molar-refractivity contribution in [1.29, 1.82) is 0 Å². The molecule has 0 bridgehead atoms. The van der Waals surface area contributed by atoms with Crippen LogP contribution >= 0.6 is 0 Å². The molecule has 1 aliphatic rings. The molecule has 1 aliphatic heterocycles. The van der Waals surface area contributed by atoms with E-state index in [2.05, 4.69) is 24.4 Å². The van der Waals surface area contributed by atoms with Crippen LogP contribution < -0.4 is 11.1 Å². The first kappa shape index (κ1) is 7.47. The Morgan fingerprint density at radius 2 is 2.33 bits per heavy atom. The number of hydrogen-bond acceptors (Lipinski definition) is 2. The molecule has 1 heterocycles. The third-order valence-corrected chi connectivity index (χ3v) is 2.38. The number of nitrogens with two attached hydrogens (primary N) is 1. The second kappa shape index (κ2) is 2.70. The van der Waals surface area contributed by atoms with Gasteiger partial charge in [-0.05, 0) is 43.5 Å². The van der Waals surface area contributed by atoms with E-state index < -0.39 is 0 Å². The SMILES string of the molecule is C[C@@H]1CCc2cc(N)ccc2N1. The van der Waals surface area contributed by atoms with Crippen LogP contribution in [0.15, 0.2) is 18.2 Å². The molecule has 1 aromatic carbocycles. The Kier molecular flexibility index (Phi) is 1.68. The third-order valence-electron chi connectivity index (χ3n) is 2.38. The van der Waals surface area contributed by atoms with Crippen LogP contribution in [0.5, 0.6) is 0 Å². The van der Waals surface area contributed by atoms with Crippen LogP contribution in [0.3, 0.4) is 0 Å². The lowest BCUT2D eigenvalue weighted by atomic mass is 9.99. The molecule has 0 aliphatic carbocycles. The fourth-order valence-electron chi connectivity index (χ4n) is 1.67. The summed E-state index contributed by atoms with van der Waals surface area (Å²) in [5.41, 5.74) is 9.16. The highest BCUT2D eigenvalue weighted by atomic mass is 14.9. The van der Waals surface area contributed by atoms with Gasteiger partial charge in [-0.2, -0.15) is 0 Å². The van der Waals surface area contributed by atoms with E-state index in [1.165, 1.54) is 17.7 Å². The molecule has 1 aromatic rings. The van der Waals surface area contributed by atoms with Crippen molar-refractivity contribution in [3.8, 4) is 0 Å². The van der Waals surface area contributed by atoms with Crippen LogP contribution in [0.4, 0.5) is 11.4 Å². The summed E-state index contributed by atoms with van der Waals surface area (Å²) in [7, 11) is 0. The normalized spacial score (nSPS) is 21.2. The molecule has 0 radical (unpaired) electrons. The van der Waals surface area contributed by atoms with Crippen molar-refractivity contribution in [1.82, 2.24) is 0 Å². The molecule has 1 atom stereocenters. The summed E-state index contributed by atoms with van der Waals surface area (Å²) in [4.78, 5) is 0. The molecule has 0 spiro atoms. The number of fused-ring (bicyclic) bond motifs is 1. The molecule has 0 unspecified atom stereocenters. The van der Waals surface area contributed by atoms with Gasteiger partial charge in [-0.15, -0.1) is 0 Å². The molecule has 0 saturated carbocycles. The lowest BCUT2D eigenvalue weighted by molar-refractivity contribution is 0.681. The van der Waals surface area contributed by atoms with Gasteiger partial charge in [0.05, 0.1) is 0 Å². The van der Waals surface area contributed by atoms with Gasteiger partial charge in [0.2, 0.25) is 0 Å². The number of benzene rings is 1. The van der Waals surface area contributed by atoms with Crippen LogP contribution in [0.2, 0.25) is 0 Å². The molecule has 64 valence electrons. The highest BCUT2D eigenvalue weighted by Gasteiger charge is 2.12. The summed E-state index contributed by atoms with van der Waals surface area (Å²) in [6.45, 7) is 2.21. The molecule has 2 nitrogen and oxygen atoms in total. The number of aryl methyl sites for hydroxylation is 1. The van der Waals surface area contributed by atoms with Crippen LogP contribution in [0, 0.1) is 0 Å². The van der Waals surface area contributed by atoms with Crippen LogP contribution in [-0.2, 0) is 6.42 Å². The molecule has 12 heavy (non-hydrogen) atoms. The lowest BCUT2D eigenvalue weighted by Gasteiger charge is -2.24. The molecule has 0 fully saturated rings. The minimum absolute atomic E-state index is 0.598. The Balaban J connectivity index is 2.37. The number of nitrogen functional groups attached to an aromatic ring is 1. The Morgan fingerprint density at radius 1 is 1.50 bits per heavy atom. The number of nitrogens with one attached hydrogen (secondary N) is 1.